The zero-order valence-electron chi connectivity index (χ0n) is 15.3. The molecule has 27 heavy (non-hydrogen) atoms. The molecule has 4 rings (SSSR count). The van der Waals surface area contributed by atoms with Gasteiger partial charge >= 0.3 is 0 Å². The van der Waals surface area contributed by atoms with Crippen molar-refractivity contribution in [2.75, 3.05) is 30.8 Å². The van der Waals surface area contributed by atoms with Crippen LogP contribution in [0.5, 0.6) is 0 Å². The van der Waals surface area contributed by atoms with Crippen LogP contribution in [0, 0.1) is 0 Å². The van der Waals surface area contributed by atoms with Gasteiger partial charge < -0.3 is 20.3 Å². The molecule has 6 nitrogen and oxygen atoms in total. The summed E-state index contributed by atoms with van der Waals surface area (Å²) in [6.07, 6.45) is 0.503. The van der Waals surface area contributed by atoms with Crippen LogP contribution >= 0.6 is 0 Å². The minimum absolute atomic E-state index is 0.0281. The zero-order valence-corrected chi connectivity index (χ0v) is 15.3. The first-order valence-electron chi connectivity index (χ1n) is 9.18. The molecule has 2 heterocycles. The maximum Gasteiger partial charge on any atom is 0.256 e. The highest BCUT2D eigenvalue weighted by Gasteiger charge is 2.45. The van der Waals surface area contributed by atoms with E-state index >= 15 is 0 Å². The lowest BCUT2D eigenvalue weighted by Gasteiger charge is -2.44. The first kappa shape index (κ1) is 17.5. The number of nitrogens with zero attached hydrogens (tertiary/aromatic N) is 1. The van der Waals surface area contributed by atoms with Crippen LogP contribution in [0.4, 0.5) is 11.4 Å². The predicted octanol–water partition coefficient (Wildman–Crippen LogP) is 2.80. The van der Waals surface area contributed by atoms with E-state index in [0.29, 0.717) is 25.9 Å². The van der Waals surface area contributed by atoms with E-state index in [1.807, 2.05) is 54.6 Å². The molecule has 1 fully saturated rings. The molecule has 2 N–H and O–H groups in total. The number of hydrogen-bond acceptors (Lipinski definition) is 4. The van der Waals surface area contributed by atoms with Crippen molar-refractivity contribution in [2.24, 2.45) is 0 Å². The van der Waals surface area contributed by atoms with Gasteiger partial charge in [-0.3, -0.25) is 9.59 Å². The van der Waals surface area contributed by atoms with Crippen LogP contribution in [-0.4, -0.2) is 42.5 Å². The Kier molecular flexibility index (Phi) is 4.58. The summed E-state index contributed by atoms with van der Waals surface area (Å²) in [5.41, 5.74) is 1.90. The van der Waals surface area contributed by atoms with Crippen LogP contribution in [0.25, 0.3) is 0 Å². The highest BCUT2D eigenvalue weighted by molar-refractivity contribution is 6.06. The molecule has 0 aliphatic carbocycles. The average Bonchev–Trinajstić information content (AvgIpc) is 2.71. The Morgan fingerprint density at radius 2 is 1.67 bits per heavy atom. The number of para-hydroxylation sites is 2. The molecule has 0 unspecified atom stereocenters. The minimum Gasteiger partial charge on any atom is -0.369 e. The second-order valence-corrected chi connectivity index (χ2v) is 7.06. The molecular weight excluding hydrogens is 342 g/mol. The molecule has 0 bridgehead atoms. The number of methoxy groups -OCH3 is 1. The van der Waals surface area contributed by atoms with Gasteiger partial charge in [0, 0.05) is 20.2 Å². The van der Waals surface area contributed by atoms with Crippen molar-refractivity contribution in [3.63, 3.8) is 0 Å². The first-order chi connectivity index (χ1) is 13.1. The van der Waals surface area contributed by atoms with Crippen LogP contribution in [0.15, 0.2) is 54.6 Å². The Labute approximate surface area is 158 Å². The summed E-state index contributed by atoms with van der Waals surface area (Å²) in [7, 11) is 1.55. The number of ether oxygens (including phenoxy) is 1. The third-order valence-electron chi connectivity index (χ3n) is 5.47. The lowest BCUT2D eigenvalue weighted by molar-refractivity contribution is -0.145. The number of likely N-dealkylation sites (tertiary alicyclic amines) is 1. The lowest BCUT2D eigenvalue weighted by Crippen LogP contribution is -2.59. The predicted molar refractivity (Wildman–Crippen MR) is 103 cm³/mol. The number of nitrogens with one attached hydrogen (secondary N) is 2. The molecular formula is C21H23N3O3. The molecule has 6 heteroatoms. The van der Waals surface area contributed by atoms with E-state index in [1.165, 1.54) is 0 Å². The second kappa shape index (κ2) is 7.04. The standard InChI is InChI=1S/C21H23N3O3/c1-27-18(15-7-3-2-4-8-15)19(25)24-13-11-21(12-14-24)20(26)22-16-9-5-6-10-17(16)23-21/h2-10,18,23H,11-14H2,1H3,(H,22,26)/t18-/m1/s1. The van der Waals surface area contributed by atoms with Gasteiger partial charge in [-0.1, -0.05) is 42.5 Å². The third kappa shape index (κ3) is 3.17. The monoisotopic (exact) mass is 365 g/mol. The number of fused-ring (bicyclic) bond motifs is 1. The largest absolute Gasteiger partial charge is 0.369 e. The van der Waals surface area contributed by atoms with Gasteiger partial charge in [-0.2, -0.15) is 0 Å². The molecule has 1 atom stereocenters. The number of piperidine rings is 1. The molecule has 0 aromatic heterocycles. The van der Waals surface area contributed by atoms with E-state index in [0.717, 1.165) is 16.9 Å². The van der Waals surface area contributed by atoms with Crippen molar-refractivity contribution in [3.05, 3.63) is 60.2 Å². The molecule has 0 saturated carbocycles. The van der Waals surface area contributed by atoms with Gasteiger partial charge in [0.2, 0.25) is 5.91 Å². The average molecular weight is 365 g/mol. The van der Waals surface area contributed by atoms with Crippen LogP contribution in [0.1, 0.15) is 24.5 Å². The Balaban J connectivity index is 1.47. The summed E-state index contributed by atoms with van der Waals surface area (Å²) in [6, 6.07) is 17.2. The maximum absolute atomic E-state index is 13.0. The molecule has 1 saturated heterocycles. The van der Waals surface area contributed by atoms with E-state index in [2.05, 4.69) is 10.6 Å². The van der Waals surface area contributed by atoms with Gasteiger partial charge in [-0.25, -0.2) is 0 Å². The molecule has 1 spiro atoms. The fourth-order valence-electron chi connectivity index (χ4n) is 3.89. The van der Waals surface area contributed by atoms with Crippen molar-refractivity contribution in [2.45, 2.75) is 24.5 Å². The van der Waals surface area contributed by atoms with E-state index in [-0.39, 0.29) is 11.8 Å². The summed E-state index contributed by atoms with van der Waals surface area (Å²) in [5.74, 6) is -0.0881. The van der Waals surface area contributed by atoms with E-state index in [9.17, 15) is 9.59 Å². The van der Waals surface area contributed by atoms with Gasteiger partial charge in [-0.05, 0) is 30.5 Å². The van der Waals surface area contributed by atoms with Gasteiger partial charge in [0.05, 0.1) is 11.4 Å². The maximum atomic E-state index is 13.0. The molecule has 2 aromatic rings. The van der Waals surface area contributed by atoms with Gasteiger partial charge in [0.25, 0.3) is 5.91 Å². The van der Waals surface area contributed by atoms with Crippen LogP contribution < -0.4 is 10.6 Å². The highest BCUT2D eigenvalue weighted by Crippen LogP contribution is 2.36. The summed E-state index contributed by atoms with van der Waals surface area (Å²) in [5, 5.41) is 6.41. The van der Waals surface area contributed by atoms with Gasteiger partial charge in [0.1, 0.15) is 5.54 Å². The Morgan fingerprint density at radius 3 is 2.33 bits per heavy atom. The number of anilines is 2. The SMILES string of the molecule is CO[C@@H](C(=O)N1CCC2(CC1)Nc1ccccc1NC2=O)c1ccccc1. The zero-order chi connectivity index (χ0) is 18.9. The van der Waals surface area contributed by atoms with E-state index in [1.54, 1.807) is 12.0 Å². The third-order valence-corrected chi connectivity index (χ3v) is 5.47. The lowest BCUT2D eigenvalue weighted by atomic mass is 9.84. The summed E-state index contributed by atoms with van der Waals surface area (Å²) in [6.45, 7) is 1.02. The number of benzene rings is 2. The van der Waals surface area contributed by atoms with Crippen molar-refractivity contribution >= 4 is 23.2 Å². The normalized spacial score (nSPS) is 19.0. The number of carbonyl (C=O) groups excluding carboxylic acids is 2. The Hall–Kier alpha value is -2.86. The van der Waals surface area contributed by atoms with Crippen molar-refractivity contribution in [1.82, 2.24) is 4.90 Å². The molecule has 2 aliphatic rings. The topological polar surface area (TPSA) is 70.7 Å². The molecule has 2 amide bonds. The van der Waals surface area contributed by atoms with Crippen LogP contribution in [-0.2, 0) is 14.3 Å². The quantitative estimate of drug-likeness (QED) is 0.877. The second-order valence-electron chi connectivity index (χ2n) is 7.06. The summed E-state index contributed by atoms with van der Waals surface area (Å²) >= 11 is 0. The Bertz CT molecular complexity index is 845. The molecule has 140 valence electrons. The van der Waals surface area contributed by atoms with Crippen LogP contribution in [0.2, 0.25) is 0 Å². The molecule has 2 aromatic carbocycles. The van der Waals surface area contributed by atoms with Crippen molar-refractivity contribution in [1.29, 1.82) is 0 Å². The number of rotatable bonds is 3. The summed E-state index contributed by atoms with van der Waals surface area (Å²) in [4.78, 5) is 27.5. The number of carbonyl (C=O) groups is 2. The van der Waals surface area contributed by atoms with E-state index in [4.69, 9.17) is 4.74 Å². The fraction of sp³-hybridized carbons (Fsp3) is 0.333. The minimum atomic E-state index is -0.666. The number of hydrogen-bond donors (Lipinski definition) is 2. The smallest absolute Gasteiger partial charge is 0.256 e. The van der Waals surface area contributed by atoms with Crippen molar-refractivity contribution in [3.8, 4) is 0 Å². The molecule has 0 radical (unpaired) electrons. The fourth-order valence-corrected chi connectivity index (χ4v) is 3.89. The van der Waals surface area contributed by atoms with Gasteiger partial charge in [-0.15, -0.1) is 0 Å². The first-order valence-corrected chi connectivity index (χ1v) is 9.18. The van der Waals surface area contributed by atoms with Crippen LogP contribution in [0.3, 0.4) is 0 Å². The van der Waals surface area contributed by atoms with E-state index < -0.39 is 11.6 Å². The Morgan fingerprint density at radius 1 is 1.04 bits per heavy atom. The highest BCUT2D eigenvalue weighted by atomic mass is 16.5. The van der Waals surface area contributed by atoms with Gasteiger partial charge in [0.15, 0.2) is 6.10 Å². The summed E-state index contributed by atoms with van der Waals surface area (Å²) < 4.78 is 5.47. The molecule has 2 aliphatic heterocycles. The van der Waals surface area contributed by atoms with Crippen molar-refractivity contribution < 1.29 is 14.3 Å². The number of amides is 2.